The maximum atomic E-state index is 12.7. The number of nitrogen functional groups attached to an aromatic ring is 1. The fourth-order valence-electron chi connectivity index (χ4n) is 6.14. The first-order valence-corrected chi connectivity index (χ1v) is 20.9. The van der Waals surface area contributed by atoms with Gasteiger partial charge < -0.3 is 39.0 Å². The molecule has 1 fully saturated rings. The van der Waals surface area contributed by atoms with Crippen molar-refractivity contribution >= 4 is 60.6 Å². The van der Waals surface area contributed by atoms with Crippen molar-refractivity contribution in [2.24, 2.45) is 0 Å². The zero-order valence-electron chi connectivity index (χ0n) is 32.4. The Balaban J connectivity index is 0.000000531. The molecule has 0 saturated carbocycles. The van der Waals surface area contributed by atoms with E-state index in [-0.39, 0.29) is 40.0 Å². The summed E-state index contributed by atoms with van der Waals surface area (Å²) >= 11 is 0. The first-order chi connectivity index (χ1) is 26.7. The summed E-state index contributed by atoms with van der Waals surface area (Å²) in [5, 5.41) is 17.2. The number of nitrogens with zero attached hydrogens (tertiary/aromatic N) is 1. The van der Waals surface area contributed by atoms with Gasteiger partial charge in [0.25, 0.3) is 11.8 Å². The predicted molar refractivity (Wildman–Crippen MR) is 203 cm³/mol. The highest BCUT2D eigenvalue weighted by Crippen LogP contribution is 2.45. The summed E-state index contributed by atoms with van der Waals surface area (Å²) in [6, 6.07) is 7.03. The lowest BCUT2D eigenvalue weighted by Gasteiger charge is -2.22. The van der Waals surface area contributed by atoms with Crippen LogP contribution in [-0.2, 0) is 34.7 Å². The number of carbonyl (C=O) groups excluding carboxylic acids is 3. The van der Waals surface area contributed by atoms with Gasteiger partial charge in [0.2, 0.25) is 0 Å². The average molecular weight is 834 g/mol. The van der Waals surface area contributed by atoms with E-state index in [0.29, 0.717) is 0 Å². The fraction of sp³-hybridized carbons (Fsp3) is 0.378. The number of benzene rings is 3. The number of amides is 2. The molecule has 6 N–H and O–H groups in total. The molecule has 2 aromatic rings. The summed E-state index contributed by atoms with van der Waals surface area (Å²) in [5.41, 5.74) is 2.32. The van der Waals surface area contributed by atoms with Crippen LogP contribution in [0.5, 0.6) is 0 Å². The third kappa shape index (κ3) is 10.6. The van der Waals surface area contributed by atoms with Crippen LogP contribution in [0.15, 0.2) is 56.7 Å². The third-order valence-corrected chi connectivity index (χ3v) is 11.3. The molecule has 0 spiro atoms. The first-order valence-electron chi connectivity index (χ1n) is 18.1. The molecule has 2 aromatic carbocycles. The predicted octanol–water partition coefficient (Wildman–Crippen LogP) is 0.855. The van der Waals surface area contributed by atoms with Crippen molar-refractivity contribution in [3.05, 3.63) is 58.9 Å². The molecule has 0 bridgehead atoms. The highest BCUT2D eigenvalue weighted by Gasteiger charge is 2.34. The zero-order valence-corrected chi connectivity index (χ0v) is 34.0. The van der Waals surface area contributed by atoms with Crippen LogP contribution in [0.1, 0.15) is 75.1 Å². The van der Waals surface area contributed by atoms with Crippen LogP contribution in [0, 0.1) is 5.41 Å². The van der Waals surface area contributed by atoms with Crippen molar-refractivity contribution in [3.63, 3.8) is 0 Å². The van der Waals surface area contributed by atoms with Crippen LogP contribution >= 0.6 is 0 Å². The van der Waals surface area contributed by atoms with Crippen molar-refractivity contribution in [3.8, 4) is 22.5 Å². The highest BCUT2D eigenvalue weighted by molar-refractivity contribution is 7.86. The molecule has 57 heavy (non-hydrogen) atoms. The summed E-state index contributed by atoms with van der Waals surface area (Å²) < 4.78 is 78.5. The van der Waals surface area contributed by atoms with E-state index in [1.54, 1.807) is 9.80 Å². The van der Waals surface area contributed by atoms with E-state index in [4.69, 9.17) is 20.4 Å². The van der Waals surface area contributed by atoms with E-state index in [9.17, 15) is 50.2 Å². The van der Waals surface area contributed by atoms with Gasteiger partial charge in [0.1, 0.15) is 30.0 Å². The minimum atomic E-state index is -5.48. The molecule has 1 saturated heterocycles. The number of nitrogens with one attached hydrogen (secondary N) is 3. The van der Waals surface area contributed by atoms with Crippen LogP contribution in [0.2, 0.25) is 0 Å². The molecular formula is C37H47N5O13S2. The summed E-state index contributed by atoms with van der Waals surface area (Å²) in [5.74, 6) is -5.39. The van der Waals surface area contributed by atoms with Gasteiger partial charge in [0.05, 0.1) is 61.4 Å². The second kappa shape index (κ2) is 19.3. The Bertz CT molecular complexity index is 2370. The van der Waals surface area contributed by atoms with E-state index in [1.165, 1.54) is 39.3 Å². The Morgan fingerprint density at radius 3 is 1.74 bits per heavy atom. The van der Waals surface area contributed by atoms with Gasteiger partial charge in [0.15, 0.2) is 11.3 Å². The molecule has 5 rings (SSSR count). The molecule has 310 valence electrons. The molecule has 0 radical (unpaired) electrons. The molecular weight excluding hydrogens is 787 g/mol. The van der Waals surface area contributed by atoms with Crippen molar-refractivity contribution in [1.82, 2.24) is 5.06 Å². The Morgan fingerprint density at radius 1 is 0.807 bits per heavy atom. The number of anilines is 1. The number of hydroxylamine groups is 2. The molecule has 20 heteroatoms. The lowest BCUT2D eigenvalue weighted by Crippen LogP contribution is -3.11. The van der Waals surface area contributed by atoms with Gasteiger partial charge in [-0.2, -0.15) is 0 Å². The summed E-state index contributed by atoms with van der Waals surface area (Å²) in [6.45, 7) is 21.0. The maximum absolute atomic E-state index is 12.7. The average Bonchev–Trinajstić information content (AvgIpc) is 3.46. The van der Waals surface area contributed by atoms with Gasteiger partial charge in [0, 0.05) is 29.4 Å². The van der Waals surface area contributed by atoms with Crippen LogP contribution < -0.4 is 20.9 Å². The number of carbonyl (C=O) groups is 4. The maximum Gasteiger partial charge on any atom is 0.363 e. The monoisotopic (exact) mass is 833 g/mol. The van der Waals surface area contributed by atoms with Crippen molar-refractivity contribution in [1.29, 1.82) is 5.41 Å². The van der Waals surface area contributed by atoms with Crippen LogP contribution in [0.3, 0.4) is 0 Å². The minimum absolute atomic E-state index is 0.197. The quantitative estimate of drug-likeness (QED) is 0.0573. The topological polar surface area (TPSA) is 287 Å². The number of aromatic carboxylic acids is 1. The Morgan fingerprint density at radius 2 is 1.30 bits per heavy atom. The second-order valence-electron chi connectivity index (χ2n) is 12.7. The Hall–Kier alpha value is -5.25. The number of fused-ring (bicyclic) bond motifs is 2. The SMILES string of the molecule is CC[NH+](CC)CC.CC[NH+](CC)CC.N=c1ccc2c(-c3ccc(C(=O)ON4C(=O)CCC4=O)cc3C(=O)O)c3ccc(N)c(S(=O)(=O)[O-])c3oc-2c1S(=O)(=O)[O-]. The molecule has 0 aromatic heterocycles. The van der Waals surface area contributed by atoms with Gasteiger partial charge in [-0.1, -0.05) is 6.07 Å². The van der Waals surface area contributed by atoms with Crippen LogP contribution in [0.4, 0.5) is 5.69 Å². The van der Waals surface area contributed by atoms with Crippen molar-refractivity contribution in [2.45, 2.75) is 64.2 Å². The molecule has 1 aliphatic carbocycles. The number of imide groups is 1. The minimum Gasteiger partial charge on any atom is -0.744 e. The zero-order chi connectivity index (χ0) is 43.0. The Labute approximate surface area is 330 Å². The second-order valence-corrected chi connectivity index (χ2v) is 15.3. The number of quaternary nitrogens is 2. The smallest absolute Gasteiger partial charge is 0.363 e. The number of rotatable bonds is 12. The van der Waals surface area contributed by atoms with Crippen molar-refractivity contribution in [2.75, 3.05) is 45.0 Å². The van der Waals surface area contributed by atoms with Gasteiger partial charge in [-0.05, 0) is 83.5 Å². The number of carboxylic acids is 1. The summed E-state index contributed by atoms with van der Waals surface area (Å²) in [4.78, 5) is 54.6. The van der Waals surface area contributed by atoms with Crippen LogP contribution in [0.25, 0.3) is 33.4 Å². The number of nitrogens with two attached hydrogens (primary N) is 1. The van der Waals surface area contributed by atoms with Gasteiger partial charge >= 0.3 is 11.9 Å². The molecule has 2 heterocycles. The summed E-state index contributed by atoms with van der Waals surface area (Å²) in [6.07, 6.45) is -0.394. The number of hydrogen-bond acceptors (Lipinski definition) is 14. The van der Waals surface area contributed by atoms with E-state index < -0.39 is 87.3 Å². The first kappa shape index (κ1) is 46.1. The number of hydrogen-bond donors (Lipinski definition) is 5. The van der Waals surface area contributed by atoms with Crippen molar-refractivity contribution < 1.29 is 69.3 Å². The molecule has 0 unspecified atom stereocenters. The normalized spacial score (nSPS) is 13.1. The highest BCUT2D eigenvalue weighted by atomic mass is 32.2. The van der Waals surface area contributed by atoms with E-state index in [2.05, 4.69) is 41.5 Å². The Kier molecular flexibility index (Phi) is 15.6. The summed E-state index contributed by atoms with van der Waals surface area (Å²) in [7, 11) is -10.9. The van der Waals surface area contributed by atoms with Crippen LogP contribution in [-0.4, -0.2) is 99.1 Å². The fourth-order valence-corrected chi connectivity index (χ4v) is 7.59. The standard InChI is InChI=1S/C25H17N3O13S2.2C6H15N/c26-15-5-3-12-19(11-2-1-10(9-14(11)24(31)32)25(33)41-28-17(29)7-8-18(28)30)13-4-6-16(27)23(43(37,38)39)21(13)40-20(12)22(15)42(34,35)36;2*1-4-7(5-2)6-3/h1-6,9,26H,7-8,27H2,(H,31,32)(H,34,35,36)(H,37,38,39);2*4-6H2,1-3H3. The largest absolute Gasteiger partial charge is 0.744 e. The van der Waals surface area contributed by atoms with Gasteiger partial charge in [-0.3, -0.25) is 15.0 Å². The van der Waals surface area contributed by atoms with E-state index >= 15 is 0 Å². The molecule has 0 atom stereocenters. The van der Waals surface area contributed by atoms with Gasteiger partial charge in [-0.25, -0.2) is 26.4 Å². The number of carboxylic acid groups (broad SMARTS) is 1. The molecule has 2 aliphatic heterocycles. The molecule has 18 nitrogen and oxygen atoms in total. The lowest BCUT2D eigenvalue weighted by molar-refractivity contribution is -0.894. The van der Waals surface area contributed by atoms with Gasteiger partial charge in [-0.15, -0.1) is 5.06 Å². The van der Waals surface area contributed by atoms with E-state index in [0.717, 1.165) is 42.5 Å². The van der Waals surface area contributed by atoms with E-state index in [1.807, 2.05) is 0 Å². The molecule has 2 amide bonds. The lowest BCUT2D eigenvalue weighted by atomic mass is 9.89. The third-order valence-electron chi connectivity index (χ3n) is 9.43. The molecule has 3 aliphatic rings.